The highest BCUT2D eigenvalue weighted by Crippen LogP contribution is 2.28. The molecule has 1 saturated heterocycles. The Morgan fingerprint density at radius 3 is 2.00 bits per heavy atom. The molecule has 1 saturated carbocycles. The predicted molar refractivity (Wildman–Crippen MR) is 84.0 cm³/mol. The molecule has 1 aromatic carbocycles. The van der Waals surface area contributed by atoms with Crippen LogP contribution in [0.5, 0.6) is 0 Å². The Kier molecular flexibility index (Phi) is 4.96. The summed E-state index contributed by atoms with van der Waals surface area (Å²) in [6, 6.07) is 2.84. The summed E-state index contributed by atoms with van der Waals surface area (Å²) in [5.41, 5.74) is 4.65. The first kappa shape index (κ1) is 17.3. The Morgan fingerprint density at radius 2 is 1.48 bits per heavy atom. The van der Waals surface area contributed by atoms with Gasteiger partial charge < -0.3 is 4.90 Å². The monoisotopic (exact) mass is 351 g/mol. The van der Waals surface area contributed by atoms with Crippen molar-refractivity contribution in [3.8, 4) is 0 Å². The highest BCUT2D eigenvalue weighted by atomic mass is 19.1. The van der Waals surface area contributed by atoms with Crippen LogP contribution in [0, 0.1) is 23.5 Å². The van der Waals surface area contributed by atoms with E-state index in [1.165, 1.54) is 4.90 Å². The molecule has 2 fully saturated rings. The highest BCUT2D eigenvalue weighted by molar-refractivity contribution is 5.94. The molecule has 1 heterocycles. The van der Waals surface area contributed by atoms with E-state index in [0.29, 0.717) is 32.0 Å². The van der Waals surface area contributed by atoms with Crippen LogP contribution in [0.1, 0.15) is 36.0 Å². The van der Waals surface area contributed by atoms with E-state index < -0.39 is 17.5 Å². The van der Waals surface area contributed by atoms with Crippen molar-refractivity contribution in [1.29, 1.82) is 0 Å². The van der Waals surface area contributed by atoms with E-state index in [2.05, 4.69) is 10.9 Å². The number of hydrazine groups is 1. The van der Waals surface area contributed by atoms with Crippen LogP contribution < -0.4 is 10.9 Å². The van der Waals surface area contributed by atoms with E-state index in [1.807, 2.05) is 0 Å². The number of halogens is 2. The van der Waals surface area contributed by atoms with Gasteiger partial charge in [0.1, 0.15) is 11.6 Å². The van der Waals surface area contributed by atoms with Crippen LogP contribution in [0.2, 0.25) is 0 Å². The van der Waals surface area contributed by atoms with Crippen molar-refractivity contribution in [2.75, 3.05) is 13.1 Å². The van der Waals surface area contributed by atoms with Gasteiger partial charge in [-0.1, -0.05) is 0 Å². The second-order valence-corrected chi connectivity index (χ2v) is 6.44. The van der Waals surface area contributed by atoms with Gasteiger partial charge in [0.05, 0.1) is 5.56 Å². The molecular weight excluding hydrogens is 332 g/mol. The van der Waals surface area contributed by atoms with Gasteiger partial charge in [-0.15, -0.1) is 0 Å². The molecule has 1 aliphatic heterocycles. The Balaban J connectivity index is 1.49. The van der Waals surface area contributed by atoms with Gasteiger partial charge >= 0.3 is 0 Å². The van der Waals surface area contributed by atoms with Crippen LogP contribution in [-0.4, -0.2) is 35.7 Å². The Labute approximate surface area is 143 Å². The fourth-order valence-electron chi connectivity index (χ4n) is 2.85. The lowest BCUT2D eigenvalue weighted by Gasteiger charge is -2.31. The highest BCUT2D eigenvalue weighted by Gasteiger charge is 2.32. The van der Waals surface area contributed by atoms with Crippen molar-refractivity contribution < 1.29 is 23.2 Å². The molecule has 0 unspecified atom stereocenters. The molecule has 1 aliphatic carbocycles. The van der Waals surface area contributed by atoms with E-state index in [0.717, 1.165) is 25.0 Å². The van der Waals surface area contributed by atoms with Crippen molar-refractivity contribution in [3.05, 3.63) is 35.4 Å². The average molecular weight is 351 g/mol. The van der Waals surface area contributed by atoms with Crippen molar-refractivity contribution in [2.45, 2.75) is 25.7 Å². The van der Waals surface area contributed by atoms with E-state index in [9.17, 15) is 23.2 Å². The second-order valence-electron chi connectivity index (χ2n) is 6.44. The number of carbonyl (C=O) groups excluding carboxylic acids is 3. The number of hydrogen-bond acceptors (Lipinski definition) is 3. The van der Waals surface area contributed by atoms with Crippen LogP contribution in [0.3, 0.4) is 0 Å². The Bertz CT molecular complexity index is 698. The number of nitrogens with one attached hydrogen (secondary N) is 2. The van der Waals surface area contributed by atoms with Crippen LogP contribution in [0.15, 0.2) is 18.2 Å². The van der Waals surface area contributed by atoms with Gasteiger partial charge in [-0.25, -0.2) is 8.78 Å². The smallest absolute Gasteiger partial charge is 0.256 e. The molecule has 6 nitrogen and oxygen atoms in total. The zero-order valence-electron chi connectivity index (χ0n) is 13.6. The molecule has 134 valence electrons. The fourth-order valence-corrected chi connectivity index (χ4v) is 2.85. The molecule has 3 amide bonds. The first-order chi connectivity index (χ1) is 12.0. The first-order valence-corrected chi connectivity index (χ1v) is 8.29. The lowest BCUT2D eigenvalue weighted by Crippen LogP contribution is -2.48. The standard InChI is InChI=1S/C17H19F2N3O3/c18-12-3-4-13(14(19)9-12)17(25)22-7-5-11(6-8-22)16(24)21-20-15(23)10-1-2-10/h3-4,9-11H,1-2,5-8H2,(H,20,23)(H,21,24). The molecule has 0 bridgehead atoms. The molecule has 2 aliphatic rings. The van der Waals surface area contributed by atoms with Crippen LogP contribution in [0.25, 0.3) is 0 Å². The lowest BCUT2D eigenvalue weighted by atomic mass is 9.95. The van der Waals surface area contributed by atoms with Crippen molar-refractivity contribution in [3.63, 3.8) is 0 Å². The van der Waals surface area contributed by atoms with Gasteiger partial charge in [0.15, 0.2) is 0 Å². The predicted octanol–water partition coefficient (Wildman–Crippen LogP) is 1.37. The fraction of sp³-hybridized carbons (Fsp3) is 0.471. The van der Waals surface area contributed by atoms with Gasteiger partial charge in [0.25, 0.3) is 5.91 Å². The number of carbonyl (C=O) groups is 3. The topological polar surface area (TPSA) is 78.5 Å². The summed E-state index contributed by atoms with van der Waals surface area (Å²) in [5.74, 6) is -2.92. The van der Waals surface area contributed by atoms with Crippen molar-refractivity contribution in [2.24, 2.45) is 11.8 Å². The van der Waals surface area contributed by atoms with Gasteiger partial charge in [-0.3, -0.25) is 25.2 Å². The zero-order chi connectivity index (χ0) is 18.0. The number of piperidine rings is 1. The number of likely N-dealkylation sites (tertiary alicyclic amines) is 1. The quantitative estimate of drug-likeness (QED) is 0.808. The molecule has 1 aromatic rings. The number of benzene rings is 1. The zero-order valence-corrected chi connectivity index (χ0v) is 13.6. The number of hydrogen-bond donors (Lipinski definition) is 2. The van der Waals surface area contributed by atoms with Crippen molar-refractivity contribution in [1.82, 2.24) is 15.8 Å². The van der Waals surface area contributed by atoms with E-state index >= 15 is 0 Å². The molecule has 0 aromatic heterocycles. The largest absolute Gasteiger partial charge is 0.339 e. The van der Waals surface area contributed by atoms with Crippen molar-refractivity contribution >= 4 is 17.7 Å². The molecule has 0 spiro atoms. The summed E-state index contributed by atoms with van der Waals surface area (Å²) >= 11 is 0. The lowest BCUT2D eigenvalue weighted by molar-refractivity contribution is -0.132. The molecule has 2 N–H and O–H groups in total. The summed E-state index contributed by atoms with van der Waals surface area (Å²) in [6.45, 7) is 0.592. The summed E-state index contributed by atoms with van der Waals surface area (Å²) in [4.78, 5) is 37.3. The molecule has 0 atom stereocenters. The third-order valence-electron chi connectivity index (χ3n) is 4.57. The van der Waals surface area contributed by atoms with E-state index in [4.69, 9.17) is 0 Å². The van der Waals surface area contributed by atoms with Gasteiger partial charge in [0, 0.05) is 31.0 Å². The van der Waals surface area contributed by atoms with Gasteiger partial charge in [0.2, 0.25) is 11.8 Å². The maximum Gasteiger partial charge on any atom is 0.256 e. The maximum absolute atomic E-state index is 13.7. The van der Waals surface area contributed by atoms with Crippen LogP contribution >= 0.6 is 0 Å². The Hall–Kier alpha value is -2.51. The Morgan fingerprint density at radius 1 is 0.920 bits per heavy atom. The second kappa shape index (κ2) is 7.16. The SMILES string of the molecule is O=C(NNC(=O)C1CCN(C(=O)c2ccc(F)cc2F)CC1)C1CC1. The number of nitrogens with zero attached hydrogens (tertiary/aromatic N) is 1. The molecular formula is C17H19F2N3O3. The van der Waals surface area contributed by atoms with E-state index in [-0.39, 0.29) is 29.2 Å². The summed E-state index contributed by atoms with van der Waals surface area (Å²) in [6.07, 6.45) is 2.53. The van der Waals surface area contributed by atoms with Gasteiger partial charge in [-0.05, 0) is 37.8 Å². The normalized spacial score (nSPS) is 17.9. The molecule has 8 heteroatoms. The number of amides is 3. The van der Waals surface area contributed by atoms with E-state index in [1.54, 1.807) is 0 Å². The van der Waals surface area contributed by atoms with Crippen LogP contribution in [0.4, 0.5) is 8.78 Å². The third-order valence-corrected chi connectivity index (χ3v) is 4.57. The molecule has 25 heavy (non-hydrogen) atoms. The third kappa shape index (κ3) is 4.12. The average Bonchev–Trinajstić information content (AvgIpc) is 3.44. The van der Waals surface area contributed by atoms with Gasteiger partial charge in [-0.2, -0.15) is 0 Å². The minimum Gasteiger partial charge on any atom is -0.339 e. The summed E-state index contributed by atoms with van der Waals surface area (Å²) < 4.78 is 26.7. The summed E-state index contributed by atoms with van der Waals surface area (Å²) in [5, 5.41) is 0. The molecule has 3 rings (SSSR count). The minimum atomic E-state index is -0.896. The maximum atomic E-state index is 13.7. The first-order valence-electron chi connectivity index (χ1n) is 8.29. The van der Waals surface area contributed by atoms with Crippen LogP contribution in [-0.2, 0) is 9.59 Å². The number of rotatable bonds is 3. The minimum absolute atomic E-state index is 0.00498. The molecule has 0 radical (unpaired) electrons. The summed E-state index contributed by atoms with van der Waals surface area (Å²) in [7, 11) is 0.